The fourth-order valence-corrected chi connectivity index (χ4v) is 1.66. The second-order valence-electron chi connectivity index (χ2n) is 3.18. The quantitative estimate of drug-likeness (QED) is 0.558. The highest BCUT2D eigenvalue weighted by Crippen LogP contribution is 2.29. The smallest absolute Gasteiger partial charge is 0.296 e. The summed E-state index contributed by atoms with van der Waals surface area (Å²) >= 11 is 5.86. The van der Waals surface area contributed by atoms with Crippen LogP contribution in [0.4, 0.5) is 5.69 Å². The lowest BCUT2D eigenvalue weighted by Crippen LogP contribution is -2.16. The zero-order valence-electron chi connectivity index (χ0n) is 8.18. The molecule has 0 fully saturated rings. The van der Waals surface area contributed by atoms with Gasteiger partial charge in [-0.3, -0.25) is 19.5 Å². The Morgan fingerprint density at radius 1 is 1.50 bits per heavy atom. The predicted octanol–water partition coefficient (Wildman–Crippen LogP) is 1.50. The van der Waals surface area contributed by atoms with Crippen molar-refractivity contribution >= 4 is 28.3 Å². The number of hydrogen-bond donors (Lipinski definition) is 0. The molecule has 0 aliphatic carbocycles. The number of fused-ring (bicyclic) bond motifs is 1. The largest absolute Gasteiger partial charge is 0.306 e. The first kappa shape index (κ1) is 10.6. The monoisotopic (exact) mass is 239 g/mol. The van der Waals surface area contributed by atoms with Gasteiger partial charge in [0.2, 0.25) is 0 Å². The molecule has 6 nitrogen and oxygen atoms in total. The van der Waals surface area contributed by atoms with E-state index in [1.807, 2.05) is 0 Å². The van der Waals surface area contributed by atoms with Crippen LogP contribution in [0.25, 0.3) is 11.0 Å². The summed E-state index contributed by atoms with van der Waals surface area (Å²) in [5, 5.41) is 11.0. The van der Waals surface area contributed by atoms with E-state index in [-0.39, 0.29) is 16.3 Å². The van der Waals surface area contributed by atoms with Crippen LogP contribution in [0.15, 0.2) is 23.1 Å². The fraction of sp³-hybridized carbons (Fsp3) is 0.111. The van der Waals surface area contributed by atoms with Gasteiger partial charge in [-0.25, -0.2) is 4.98 Å². The van der Waals surface area contributed by atoms with E-state index in [0.29, 0.717) is 11.0 Å². The molecule has 0 aromatic carbocycles. The third-order valence-corrected chi connectivity index (χ3v) is 2.65. The van der Waals surface area contributed by atoms with Crippen molar-refractivity contribution < 1.29 is 4.92 Å². The molecular weight excluding hydrogens is 234 g/mol. The molecule has 2 aromatic rings. The van der Waals surface area contributed by atoms with Crippen LogP contribution >= 0.6 is 11.6 Å². The molecule has 0 spiro atoms. The topological polar surface area (TPSA) is 78.0 Å². The number of hydrogen-bond acceptors (Lipinski definition) is 4. The first-order valence-electron chi connectivity index (χ1n) is 4.31. The van der Waals surface area contributed by atoms with E-state index < -0.39 is 4.92 Å². The molecule has 0 amide bonds. The van der Waals surface area contributed by atoms with Gasteiger partial charge in [-0.15, -0.1) is 0 Å². The summed E-state index contributed by atoms with van der Waals surface area (Å²) < 4.78 is 1.28. The van der Waals surface area contributed by atoms with E-state index in [1.165, 1.54) is 23.7 Å². The Morgan fingerprint density at radius 2 is 2.19 bits per heavy atom. The van der Waals surface area contributed by atoms with Crippen molar-refractivity contribution in [2.75, 3.05) is 0 Å². The van der Waals surface area contributed by atoms with Gasteiger partial charge in [0.15, 0.2) is 0 Å². The van der Waals surface area contributed by atoms with Gasteiger partial charge in [0.25, 0.3) is 5.56 Å². The van der Waals surface area contributed by atoms with Crippen LogP contribution in [0, 0.1) is 10.1 Å². The SMILES string of the molecule is Cn1c(=O)ccc2c(Cl)c([N+](=O)[O-])cnc21. The Hall–Kier alpha value is -1.95. The van der Waals surface area contributed by atoms with Crippen LogP contribution < -0.4 is 5.56 Å². The van der Waals surface area contributed by atoms with Crippen LogP contribution in [0.1, 0.15) is 0 Å². The number of nitro groups is 1. The summed E-state index contributed by atoms with van der Waals surface area (Å²) in [6.07, 6.45) is 1.05. The number of pyridine rings is 2. The Balaban J connectivity index is 2.92. The lowest BCUT2D eigenvalue weighted by Gasteiger charge is -2.04. The molecule has 0 radical (unpaired) electrons. The molecule has 82 valence electrons. The first-order valence-corrected chi connectivity index (χ1v) is 4.69. The summed E-state index contributed by atoms with van der Waals surface area (Å²) in [5.74, 6) is 0. The minimum Gasteiger partial charge on any atom is -0.296 e. The zero-order valence-corrected chi connectivity index (χ0v) is 8.93. The van der Waals surface area contributed by atoms with Gasteiger partial charge in [-0.1, -0.05) is 11.6 Å². The van der Waals surface area contributed by atoms with E-state index in [2.05, 4.69) is 4.98 Å². The lowest BCUT2D eigenvalue weighted by molar-refractivity contribution is -0.384. The number of nitrogens with zero attached hydrogens (tertiary/aromatic N) is 3. The van der Waals surface area contributed by atoms with Crippen molar-refractivity contribution in [3.8, 4) is 0 Å². The number of halogens is 1. The Bertz CT molecular complexity index is 650. The normalized spacial score (nSPS) is 10.6. The third-order valence-electron chi connectivity index (χ3n) is 2.25. The molecule has 16 heavy (non-hydrogen) atoms. The van der Waals surface area contributed by atoms with Crippen molar-refractivity contribution in [1.29, 1.82) is 0 Å². The molecule has 0 saturated carbocycles. The van der Waals surface area contributed by atoms with Gasteiger partial charge in [-0.05, 0) is 6.07 Å². The summed E-state index contributed by atoms with van der Waals surface area (Å²) in [4.78, 5) is 25.2. The molecule has 2 rings (SSSR count). The lowest BCUT2D eigenvalue weighted by atomic mass is 10.2. The highest BCUT2D eigenvalue weighted by molar-refractivity contribution is 6.37. The third kappa shape index (κ3) is 1.43. The van der Waals surface area contributed by atoms with Gasteiger partial charge >= 0.3 is 5.69 Å². The van der Waals surface area contributed by atoms with E-state index in [4.69, 9.17) is 11.6 Å². The van der Waals surface area contributed by atoms with E-state index in [9.17, 15) is 14.9 Å². The van der Waals surface area contributed by atoms with Gasteiger partial charge in [0.05, 0.1) is 4.92 Å². The first-order chi connectivity index (χ1) is 7.52. The second kappa shape index (κ2) is 3.57. The summed E-state index contributed by atoms with van der Waals surface area (Å²) in [7, 11) is 1.53. The molecule has 0 bridgehead atoms. The van der Waals surface area contributed by atoms with Crippen LogP contribution in [-0.4, -0.2) is 14.5 Å². The molecule has 0 aliphatic heterocycles. The van der Waals surface area contributed by atoms with Crippen molar-refractivity contribution in [2.45, 2.75) is 0 Å². The average molecular weight is 240 g/mol. The molecule has 0 aliphatic rings. The molecular formula is C9H6ClN3O3. The molecule has 0 N–H and O–H groups in total. The van der Waals surface area contributed by atoms with Crippen LogP contribution in [0.5, 0.6) is 0 Å². The molecule has 2 aromatic heterocycles. The number of rotatable bonds is 1. The van der Waals surface area contributed by atoms with E-state index >= 15 is 0 Å². The van der Waals surface area contributed by atoms with Gasteiger partial charge in [-0.2, -0.15) is 0 Å². The second-order valence-corrected chi connectivity index (χ2v) is 3.56. The van der Waals surface area contributed by atoms with Crippen molar-refractivity contribution in [3.63, 3.8) is 0 Å². The summed E-state index contributed by atoms with van der Waals surface area (Å²) in [6, 6.07) is 2.72. The van der Waals surface area contributed by atoms with Crippen LogP contribution in [0.2, 0.25) is 5.02 Å². The van der Waals surface area contributed by atoms with Gasteiger partial charge in [0, 0.05) is 18.5 Å². The molecule has 0 atom stereocenters. The average Bonchev–Trinajstić information content (AvgIpc) is 2.23. The highest BCUT2D eigenvalue weighted by Gasteiger charge is 2.17. The van der Waals surface area contributed by atoms with Gasteiger partial charge in [0.1, 0.15) is 16.9 Å². The summed E-state index contributed by atoms with van der Waals surface area (Å²) in [5.41, 5.74) is -0.194. The van der Waals surface area contributed by atoms with Crippen molar-refractivity contribution in [2.24, 2.45) is 7.05 Å². The maximum absolute atomic E-state index is 11.3. The molecule has 0 unspecified atom stereocenters. The fourth-order valence-electron chi connectivity index (χ4n) is 1.40. The maximum Gasteiger partial charge on any atom is 0.306 e. The Labute approximate surface area is 94.2 Å². The van der Waals surface area contributed by atoms with Crippen LogP contribution in [-0.2, 0) is 7.05 Å². The predicted molar refractivity (Wildman–Crippen MR) is 58.6 cm³/mol. The van der Waals surface area contributed by atoms with E-state index in [1.54, 1.807) is 0 Å². The minimum atomic E-state index is -0.611. The molecule has 2 heterocycles. The molecule has 7 heteroatoms. The number of aromatic nitrogens is 2. The maximum atomic E-state index is 11.3. The van der Waals surface area contributed by atoms with E-state index in [0.717, 1.165) is 6.20 Å². The minimum absolute atomic E-state index is 0.00870. The standard InChI is InChI=1S/C9H6ClN3O3/c1-12-7(14)3-2-5-8(10)6(13(15)16)4-11-9(5)12/h2-4H,1H3. The van der Waals surface area contributed by atoms with Gasteiger partial charge < -0.3 is 0 Å². The Kier molecular flexibility index (Phi) is 2.35. The van der Waals surface area contributed by atoms with Crippen LogP contribution in [0.3, 0.4) is 0 Å². The molecule has 0 saturated heterocycles. The highest BCUT2D eigenvalue weighted by atomic mass is 35.5. The van der Waals surface area contributed by atoms with Crippen molar-refractivity contribution in [3.05, 3.63) is 43.8 Å². The zero-order chi connectivity index (χ0) is 11.9. The van der Waals surface area contributed by atoms with Crippen molar-refractivity contribution in [1.82, 2.24) is 9.55 Å². The number of aryl methyl sites for hydroxylation is 1. The Morgan fingerprint density at radius 3 is 2.81 bits per heavy atom. The summed E-state index contributed by atoms with van der Waals surface area (Å²) in [6.45, 7) is 0.